The van der Waals surface area contributed by atoms with E-state index in [1.807, 2.05) is 24.4 Å². The van der Waals surface area contributed by atoms with E-state index < -0.39 is 5.97 Å². The highest BCUT2D eigenvalue weighted by molar-refractivity contribution is 5.83. The number of H-pyrrole nitrogens is 1. The number of rotatable bonds is 5. The fourth-order valence-corrected chi connectivity index (χ4v) is 2.01. The van der Waals surface area contributed by atoms with Gasteiger partial charge in [-0.05, 0) is 24.5 Å². The van der Waals surface area contributed by atoms with Crippen molar-refractivity contribution in [3.63, 3.8) is 0 Å². The first-order valence-electron chi connectivity index (χ1n) is 5.69. The summed E-state index contributed by atoms with van der Waals surface area (Å²) < 4.78 is 0. The summed E-state index contributed by atoms with van der Waals surface area (Å²) in [4.78, 5) is 13.7. The molecule has 1 heterocycles. The van der Waals surface area contributed by atoms with Crippen molar-refractivity contribution in [3.8, 4) is 0 Å². The lowest BCUT2D eigenvalue weighted by atomic mass is 10.0. The largest absolute Gasteiger partial charge is 0.481 e. The summed E-state index contributed by atoms with van der Waals surface area (Å²) in [6, 6.07) is 7.79. The van der Waals surface area contributed by atoms with Crippen LogP contribution >= 0.6 is 0 Å². The number of para-hydroxylation sites is 1. The predicted octanol–water partition coefficient (Wildman–Crippen LogP) is 1.90. The Labute approximate surface area is 99.4 Å². The summed E-state index contributed by atoms with van der Waals surface area (Å²) in [7, 11) is 0. The molecule has 0 aliphatic rings. The molecular formula is C13H16N2O2. The van der Waals surface area contributed by atoms with Crippen molar-refractivity contribution in [1.29, 1.82) is 0 Å². The molecule has 1 aromatic heterocycles. The number of carboxylic acids is 1. The highest BCUT2D eigenvalue weighted by Gasteiger charge is 2.09. The van der Waals surface area contributed by atoms with Crippen molar-refractivity contribution in [2.24, 2.45) is 5.73 Å². The molecule has 0 bridgehead atoms. The van der Waals surface area contributed by atoms with Crippen LogP contribution in [0.2, 0.25) is 0 Å². The maximum atomic E-state index is 10.5. The van der Waals surface area contributed by atoms with Crippen LogP contribution in [0.3, 0.4) is 0 Å². The molecule has 2 rings (SSSR count). The van der Waals surface area contributed by atoms with Gasteiger partial charge in [0, 0.05) is 23.1 Å². The van der Waals surface area contributed by atoms with Crippen LogP contribution in [0.5, 0.6) is 0 Å². The van der Waals surface area contributed by atoms with Gasteiger partial charge in [-0.3, -0.25) is 4.79 Å². The molecule has 4 heteroatoms. The number of hydrogen-bond acceptors (Lipinski definition) is 2. The van der Waals surface area contributed by atoms with E-state index in [1.54, 1.807) is 0 Å². The maximum absolute atomic E-state index is 10.5. The zero-order chi connectivity index (χ0) is 12.3. The van der Waals surface area contributed by atoms with Crippen LogP contribution in [0.15, 0.2) is 30.5 Å². The lowest BCUT2D eigenvalue weighted by Gasteiger charge is -2.07. The van der Waals surface area contributed by atoms with Gasteiger partial charge in [-0.25, -0.2) is 0 Å². The molecule has 1 unspecified atom stereocenters. The van der Waals surface area contributed by atoms with Gasteiger partial charge in [0.2, 0.25) is 0 Å². The summed E-state index contributed by atoms with van der Waals surface area (Å²) in [6.07, 6.45) is 3.49. The number of aryl methyl sites for hydroxylation is 1. The van der Waals surface area contributed by atoms with Crippen LogP contribution in [0.4, 0.5) is 0 Å². The summed E-state index contributed by atoms with van der Waals surface area (Å²) in [5, 5.41) is 9.82. The normalized spacial score (nSPS) is 12.8. The van der Waals surface area contributed by atoms with Crippen LogP contribution in [0, 0.1) is 0 Å². The molecule has 0 aliphatic carbocycles. The first-order valence-corrected chi connectivity index (χ1v) is 5.69. The number of aromatic amines is 1. The highest BCUT2D eigenvalue weighted by Crippen LogP contribution is 2.19. The van der Waals surface area contributed by atoms with Gasteiger partial charge in [0.05, 0.1) is 6.42 Å². The van der Waals surface area contributed by atoms with E-state index in [2.05, 4.69) is 11.1 Å². The van der Waals surface area contributed by atoms with Gasteiger partial charge in [-0.1, -0.05) is 18.2 Å². The Balaban J connectivity index is 2.02. The van der Waals surface area contributed by atoms with Crippen molar-refractivity contribution in [2.45, 2.75) is 25.3 Å². The first kappa shape index (κ1) is 11.7. The standard InChI is InChI=1S/C13H16N2O2/c14-10(7-13(16)17)6-5-9-8-15-12-4-2-1-3-11(9)12/h1-4,8,10,15H,5-7,14H2,(H,16,17). The number of carbonyl (C=O) groups is 1. The Morgan fingerprint density at radius 1 is 1.41 bits per heavy atom. The quantitative estimate of drug-likeness (QED) is 0.736. The first-order chi connectivity index (χ1) is 8.16. The van der Waals surface area contributed by atoms with Crippen molar-refractivity contribution in [1.82, 2.24) is 4.98 Å². The predicted molar refractivity (Wildman–Crippen MR) is 66.8 cm³/mol. The highest BCUT2D eigenvalue weighted by atomic mass is 16.4. The Morgan fingerprint density at radius 2 is 2.18 bits per heavy atom. The number of nitrogens with one attached hydrogen (secondary N) is 1. The third kappa shape index (κ3) is 2.85. The molecule has 0 radical (unpaired) electrons. The number of hydrogen-bond donors (Lipinski definition) is 3. The fraction of sp³-hybridized carbons (Fsp3) is 0.308. The number of nitrogens with two attached hydrogens (primary N) is 1. The third-order valence-corrected chi connectivity index (χ3v) is 2.90. The Hall–Kier alpha value is -1.81. The molecule has 17 heavy (non-hydrogen) atoms. The van der Waals surface area contributed by atoms with Crippen molar-refractivity contribution < 1.29 is 9.90 Å². The topological polar surface area (TPSA) is 79.1 Å². The van der Waals surface area contributed by atoms with E-state index in [-0.39, 0.29) is 12.5 Å². The number of fused-ring (bicyclic) bond motifs is 1. The lowest BCUT2D eigenvalue weighted by molar-refractivity contribution is -0.137. The van der Waals surface area contributed by atoms with Gasteiger partial charge in [0.15, 0.2) is 0 Å². The molecule has 1 aromatic carbocycles. The minimum absolute atomic E-state index is 0.0301. The molecule has 0 amide bonds. The molecule has 0 aliphatic heterocycles. The van der Waals surface area contributed by atoms with E-state index in [0.717, 1.165) is 11.9 Å². The zero-order valence-electron chi connectivity index (χ0n) is 9.52. The van der Waals surface area contributed by atoms with E-state index in [9.17, 15) is 4.79 Å². The van der Waals surface area contributed by atoms with Gasteiger partial charge < -0.3 is 15.8 Å². The molecule has 1 atom stereocenters. The molecule has 0 fully saturated rings. The average Bonchev–Trinajstić information content (AvgIpc) is 2.69. The van der Waals surface area contributed by atoms with Crippen LogP contribution in [0.1, 0.15) is 18.4 Å². The van der Waals surface area contributed by atoms with Gasteiger partial charge in [-0.15, -0.1) is 0 Å². The fourth-order valence-electron chi connectivity index (χ4n) is 2.01. The SMILES string of the molecule is NC(CCc1c[nH]c2ccccc12)CC(=O)O. The Bertz CT molecular complexity index is 519. The average molecular weight is 232 g/mol. The second-order valence-corrected chi connectivity index (χ2v) is 4.26. The van der Waals surface area contributed by atoms with Crippen molar-refractivity contribution >= 4 is 16.9 Å². The lowest BCUT2D eigenvalue weighted by Crippen LogP contribution is -2.24. The van der Waals surface area contributed by atoms with E-state index in [4.69, 9.17) is 10.8 Å². The van der Waals surface area contributed by atoms with Gasteiger partial charge in [-0.2, -0.15) is 0 Å². The molecule has 0 saturated carbocycles. The Morgan fingerprint density at radius 3 is 2.94 bits per heavy atom. The molecule has 0 saturated heterocycles. The van der Waals surface area contributed by atoms with Crippen molar-refractivity contribution in [3.05, 3.63) is 36.0 Å². The third-order valence-electron chi connectivity index (χ3n) is 2.90. The zero-order valence-corrected chi connectivity index (χ0v) is 9.52. The van der Waals surface area contributed by atoms with Crippen LogP contribution in [-0.2, 0) is 11.2 Å². The summed E-state index contributed by atoms with van der Waals surface area (Å²) in [5.74, 6) is -0.837. The van der Waals surface area contributed by atoms with Gasteiger partial charge in [0.25, 0.3) is 0 Å². The van der Waals surface area contributed by atoms with E-state index in [0.29, 0.717) is 6.42 Å². The molecule has 4 nitrogen and oxygen atoms in total. The number of carboxylic acid groups (broad SMARTS) is 1. The second-order valence-electron chi connectivity index (χ2n) is 4.26. The minimum Gasteiger partial charge on any atom is -0.481 e. The van der Waals surface area contributed by atoms with Crippen LogP contribution in [0.25, 0.3) is 10.9 Å². The molecule has 90 valence electrons. The second kappa shape index (κ2) is 5.01. The minimum atomic E-state index is -0.837. The van der Waals surface area contributed by atoms with Gasteiger partial charge in [0.1, 0.15) is 0 Å². The molecule has 2 aromatic rings. The maximum Gasteiger partial charge on any atom is 0.304 e. The van der Waals surface area contributed by atoms with Crippen LogP contribution in [-0.4, -0.2) is 22.1 Å². The number of aliphatic carboxylic acids is 1. The smallest absolute Gasteiger partial charge is 0.304 e. The Kier molecular flexibility index (Phi) is 3.44. The van der Waals surface area contributed by atoms with E-state index >= 15 is 0 Å². The molecular weight excluding hydrogens is 216 g/mol. The summed E-state index contributed by atoms with van der Waals surface area (Å²) >= 11 is 0. The summed E-state index contributed by atoms with van der Waals surface area (Å²) in [5.41, 5.74) is 8.05. The van der Waals surface area contributed by atoms with E-state index in [1.165, 1.54) is 10.9 Å². The van der Waals surface area contributed by atoms with Gasteiger partial charge >= 0.3 is 5.97 Å². The number of aromatic nitrogens is 1. The van der Waals surface area contributed by atoms with Crippen LogP contribution < -0.4 is 5.73 Å². The molecule has 4 N–H and O–H groups in total. The monoisotopic (exact) mass is 232 g/mol. The van der Waals surface area contributed by atoms with Crippen molar-refractivity contribution in [2.75, 3.05) is 0 Å². The number of benzene rings is 1. The summed E-state index contributed by atoms with van der Waals surface area (Å²) in [6.45, 7) is 0. The molecule has 0 spiro atoms.